The number of alkyl halides is 1. The Morgan fingerprint density at radius 1 is 1.47 bits per heavy atom. The van der Waals surface area contributed by atoms with Gasteiger partial charge in [-0.15, -0.1) is 11.6 Å². The third kappa shape index (κ3) is 2.13. The van der Waals surface area contributed by atoms with Crippen LogP contribution in [0.3, 0.4) is 0 Å². The summed E-state index contributed by atoms with van der Waals surface area (Å²) in [6.07, 6.45) is 1.66. The second kappa shape index (κ2) is 4.36. The number of hydrogen-bond acceptors (Lipinski definition) is 3. The van der Waals surface area contributed by atoms with Crippen molar-refractivity contribution in [2.45, 2.75) is 5.88 Å². The molecule has 0 N–H and O–H groups in total. The van der Waals surface area contributed by atoms with E-state index in [9.17, 15) is 0 Å². The Balaban J connectivity index is 2.35. The Morgan fingerprint density at radius 2 is 2.33 bits per heavy atom. The van der Waals surface area contributed by atoms with E-state index < -0.39 is 0 Å². The number of halogens is 1. The molecule has 0 aliphatic heterocycles. The first kappa shape index (κ1) is 10.1. The minimum absolute atomic E-state index is 0.282. The predicted octanol–water partition coefficient (Wildman–Crippen LogP) is 3.09. The summed E-state index contributed by atoms with van der Waals surface area (Å²) < 4.78 is 10.5. The lowest BCUT2D eigenvalue weighted by Crippen LogP contribution is -1.82. The maximum atomic E-state index is 5.61. The molecular weight excluding hydrogens is 214 g/mol. The van der Waals surface area contributed by atoms with Gasteiger partial charge in [0.25, 0.3) is 0 Å². The number of ether oxygens (including phenoxy) is 1. The minimum Gasteiger partial charge on any atom is -0.497 e. The molecule has 0 saturated carbocycles. The molecule has 0 radical (unpaired) electrons. The molecule has 0 spiro atoms. The molecular formula is C11H10ClNO2. The van der Waals surface area contributed by atoms with E-state index in [1.807, 2.05) is 24.3 Å². The smallest absolute Gasteiger partial charge is 0.209 e. The van der Waals surface area contributed by atoms with E-state index in [0.29, 0.717) is 11.7 Å². The zero-order valence-corrected chi connectivity index (χ0v) is 8.99. The van der Waals surface area contributed by atoms with Crippen molar-refractivity contribution in [2.24, 2.45) is 0 Å². The van der Waals surface area contributed by atoms with Gasteiger partial charge in [0.15, 0.2) is 5.76 Å². The fourth-order valence-corrected chi connectivity index (χ4v) is 1.41. The molecule has 0 amide bonds. The first-order chi connectivity index (χ1) is 7.33. The molecule has 2 aromatic rings. The van der Waals surface area contributed by atoms with E-state index >= 15 is 0 Å². The van der Waals surface area contributed by atoms with Gasteiger partial charge in [-0.05, 0) is 12.1 Å². The molecule has 2 rings (SSSR count). The van der Waals surface area contributed by atoms with Gasteiger partial charge in [0, 0.05) is 5.56 Å². The summed E-state index contributed by atoms with van der Waals surface area (Å²) in [7, 11) is 1.63. The number of rotatable bonds is 3. The first-order valence-corrected chi connectivity index (χ1v) is 5.02. The molecule has 0 aliphatic carbocycles. The summed E-state index contributed by atoms with van der Waals surface area (Å²) in [6, 6.07) is 7.60. The van der Waals surface area contributed by atoms with Crippen LogP contribution in [0.5, 0.6) is 5.75 Å². The normalized spacial score (nSPS) is 10.3. The van der Waals surface area contributed by atoms with Crippen molar-refractivity contribution in [1.29, 1.82) is 0 Å². The van der Waals surface area contributed by atoms with E-state index in [2.05, 4.69) is 4.98 Å². The SMILES string of the molecule is COc1cccc(-c2cnc(CCl)o2)c1. The largest absolute Gasteiger partial charge is 0.497 e. The molecule has 78 valence electrons. The number of nitrogens with zero attached hydrogens (tertiary/aromatic N) is 1. The highest BCUT2D eigenvalue weighted by molar-refractivity contribution is 6.16. The number of hydrogen-bond donors (Lipinski definition) is 0. The summed E-state index contributed by atoms with van der Waals surface area (Å²) in [5, 5.41) is 0. The lowest BCUT2D eigenvalue weighted by molar-refractivity contribution is 0.414. The summed E-state index contributed by atoms with van der Waals surface area (Å²) in [5.41, 5.74) is 0.929. The van der Waals surface area contributed by atoms with Crippen molar-refractivity contribution < 1.29 is 9.15 Å². The maximum Gasteiger partial charge on any atom is 0.209 e. The molecule has 0 bridgehead atoms. The highest BCUT2D eigenvalue weighted by atomic mass is 35.5. The van der Waals surface area contributed by atoms with Crippen LogP contribution in [0.2, 0.25) is 0 Å². The molecule has 1 aromatic heterocycles. The van der Waals surface area contributed by atoms with Crippen LogP contribution in [0.15, 0.2) is 34.9 Å². The number of methoxy groups -OCH3 is 1. The monoisotopic (exact) mass is 223 g/mol. The standard InChI is InChI=1S/C11H10ClNO2/c1-14-9-4-2-3-8(5-9)10-7-13-11(6-12)15-10/h2-5,7H,6H2,1H3. The van der Waals surface area contributed by atoms with Crippen LogP contribution < -0.4 is 4.74 Å². The number of oxazole rings is 1. The Morgan fingerprint density at radius 3 is 3.00 bits per heavy atom. The van der Waals surface area contributed by atoms with Crippen LogP contribution >= 0.6 is 11.6 Å². The summed E-state index contributed by atoms with van der Waals surface area (Å²) >= 11 is 5.61. The van der Waals surface area contributed by atoms with Crippen LogP contribution in [-0.2, 0) is 5.88 Å². The van der Waals surface area contributed by atoms with Gasteiger partial charge in [0.05, 0.1) is 19.2 Å². The van der Waals surface area contributed by atoms with Crippen molar-refractivity contribution in [3.05, 3.63) is 36.4 Å². The van der Waals surface area contributed by atoms with Crippen molar-refractivity contribution in [3.63, 3.8) is 0 Å². The van der Waals surface area contributed by atoms with Crippen LogP contribution in [0.1, 0.15) is 5.89 Å². The highest BCUT2D eigenvalue weighted by Gasteiger charge is 2.05. The summed E-state index contributed by atoms with van der Waals surface area (Å²) in [4.78, 5) is 4.03. The second-order valence-corrected chi connectivity index (χ2v) is 3.25. The van der Waals surface area contributed by atoms with E-state index in [4.69, 9.17) is 20.8 Å². The molecule has 1 heterocycles. The molecule has 0 unspecified atom stereocenters. The van der Waals surface area contributed by atoms with E-state index in [0.717, 1.165) is 11.3 Å². The molecule has 3 nitrogen and oxygen atoms in total. The molecule has 0 aliphatic rings. The fraction of sp³-hybridized carbons (Fsp3) is 0.182. The van der Waals surface area contributed by atoms with Crippen molar-refractivity contribution in [3.8, 4) is 17.1 Å². The van der Waals surface area contributed by atoms with Gasteiger partial charge in [-0.1, -0.05) is 12.1 Å². The zero-order valence-electron chi connectivity index (χ0n) is 8.24. The average molecular weight is 224 g/mol. The second-order valence-electron chi connectivity index (χ2n) is 2.98. The Kier molecular flexibility index (Phi) is 2.92. The third-order valence-corrected chi connectivity index (χ3v) is 2.25. The van der Waals surface area contributed by atoms with Crippen LogP contribution in [0, 0.1) is 0 Å². The zero-order chi connectivity index (χ0) is 10.7. The Bertz CT molecular complexity index is 453. The third-order valence-electron chi connectivity index (χ3n) is 2.02. The maximum absolute atomic E-state index is 5.61. The van der Waals surface area contributed by atoms with E-state index in [-0.39, 0.29) is 5.88 Å². The lowest BCUT2D eigenvalue weighted by atomic mass is 10.2. The van der Waals surface area contributed by atoms with Gasteiger partial charge < -0.3 is 9.15 Å². The fourth-order valence-electron chi connectivity index (χ4n) is 1.28. The molecule has 0 fully saturated rings. The predicted molar refractivity (Wildman–Crippen MR) is 58.0 cm³/mol. The van der Waals surface area contributed by atoms with Gasteiger partial charge in [0.1, 0.15) is 5.75 Å². The lowest BCUT2D eigenvalue weighted by Gasteiger charge is -2.00. The molecule has 0 atom stereocenters. The van der Waals surface area contributed by atoms with Gasteiger partial charge in [-0.2, -0.15) is 0 Å². The minimum atomic E-state index is 0.282. The molecule has 0 saturated heterocycles. The van der Waals surface area contributed by atoms with E-state index in [1.165, 1.54) is 0 Å². The first-order valence-electron chi connectivity index (χ1n) is 4.48. The summed E-state index contributed by atoms with van der Waals surface area (Å²) in [6.45, 7) is 0. The van der Waals surface area contributed by atoms with Crippen molar-refractivity contribution in [1.82, 2.24) is 4.98 Å². The Hall–Kier alpha value is -1.48. The Labute approximate surface area is 92.6 Å². The van der Waals surface area contributed by atoms with E-state index in [1.54, 1.807) is 13.3 Å². The molecule has 4 heteroatoms. The van der Waals surface area contributed by atoms with Gasteiger partial charge in [-0.3, -0.25) is 0 Å². The molecule has 15 heavy (non-hydrogen) atoms. The topological polar surface area (TPSA) is 35.3 Å². The number of aromatic nitrogens is 1. The van der Waals surface area contributed by atoms with Crippen molar-refractivity contribution in [2.75, 3.05) is 7.11 Å². The summed E-state index contributed by atoms with van der Waals surface area (Å²) in [5.74, 6) is 2.29. The average Bonchev–Trinajstić information content (AvgIpc) is 2.78. The van der Waals surface area contributed by atoms with Crippen LogP contribution in [0.25, 0.3) is 11.3 Å². The number of benzene rings is 1. The highest BCUT2D eigenvalue weighted by Crippen LogP contribution is 2.24. The van der Waals surface area contributed by atoms with Gasteiger partial charge in [0.2, 0.25) is 5.89 Å². The van der Waals surface area contributed by atoms with Crippen LogP contribution in [-0.4, -0.2) is 12.1 Å². The quantitative estimate of drug-likeness (QED) is 0.750. The van der Waals surface area contributed by atoms with Crippen molar-refractivity contribution >= 4 is 11.6 Å². The van der Waals surface area contributed by atoms with Gasteiger partial charge >= 0.3 is 0 Å². The van der Waals surface area contributed by atoms with Gasteiger partial charge in [-0.25, -0.2) is 4.98 Å². The van der Waals surface area contributed by atoms with Crippen LogP contribution in [0.4, 0.5) is 0 Å². The molecule has 1 aromatic carbocycles.